The van der Waals surface area contributed by atoms with Crippen molar-refractivity contribution < 1.29 is 10.2 Å². The lowest BCUT2D eigenvalue weighted by Gasteiger charge is -2.04. The minimum absolute atomic E-state index is 0.180. The third-order valence-electron chi connectivity index (χ3n) is 2.98. The number of phenolic OH excluding ortho intramolecular Hbond substituents is 2. The molecule has 0 saturated heterocycles. The van der Waals surface area contributed by atoms with Crippen LogP contribution in [0.5, 0.6) is 11.5 Å². The first kappa shape index (κ1) is 15.6. The molecular weight excluding hydrogens is 260 g/mol. The van der Waals surface area contributed by atoms with Crippen molar-refractivity contribution in [3.8, 4) is 11.5 Å². The number of alkyl halides is 1. The minimum Gasteiger partial charge on any atom is -0.508 e. The largest absolute Gasteiger partial charge is 0.508 e. The van der Waals surface area contributed by atoms with Gasteiger partial charge in [-0.15, -0.1) is 11.6 Å². The summed E-state index contributed by atoms with van der Waals surface area (Å²) in [6.07, 6.45) is 6.82. The molecule has 2 nitrogen and oxygen atoms in total. The molecule has 0 spiro atoms. The molecule has 0 aliphatic heterocycles. The van der Waals surface area contributed by atoms with Gasteiger partial charge in [0.15, 0.2) is 0 Å². The molecule has 0 bridgehead atoms. The van der Waals surface area contributed by atoms with Gasteiger partial charge in [0.1, 0.15) is 11.5 Å². The van der Waals surface area contributed by atoms with Gasteiger partial charge in [-0.2, -0.15) is 0 Å². The fourth-order valence-corrected chi connectivity index (χ4v) is 1.83. The molecule has 0 aromatic heterocycles. The lowest BCUT2D eigenvalue weighted by molar-refractivity contribution is 0.455. The summed E-state index contributed by atoms with van der Waals surface area (Å²) in [7, 11) is 0. The molecule has 1 aromatic carbocycles. The number of hydrogen-bond donors (Lipinski definition) is 2. The Kier molecular flexibility index (Phi) is 6.51. The molecule has 1 aromatic rings. The fraction of sp³-hybridized carbons (Fsp3) is 0.375. The van der Waals surface area contributed by atoms with Crippen molar-refractivity contribution in [3.05, 3.63) is 47.1 Å². The molecule has 0 aliphatic rings. The molecule has 0 amide bonds. The highest BCUT2D eigenvalue weighted by atomic mass is 35.5. The highest BCUT2D eigenvalue weighted by molar-refractivity contribution is 6.19. The van der Waals surface area contributed by atoms with Gasteiger partial charge < -0.3 is 10.2 Å². The second-order valence-electron chi connectivity index (χ2n) is 4.79. The Bertz CT molecular complexity index is 476. The predicted octanol–water partition coefficient (Wildman–Crippen LogP) is 4.55. The average Bonchev–Trinajstić information content (AvgIpc) is 2.39. The Morgan fingerprint density at radius 3 is 2.58 bits per heavy atom. The molecule has 0 fully saturated rings. The zero-order valence-corrected chi connectivity index (χ0v) is 12.2. The smallest absolute Gasteiger partial charge is 0.119 e. The first-order valence-electron chi connectivity index (χ1n) is 6.41. The van der Waals surface area contributed by atoms with E-state index in [9.17, 15) is 10.2 Å². The van der Waals surface area contributed by atoms with Gasteiger partial charge in [-0.25, -0.2) is 0 Å². The first-order valence-corrected chi connectivity index (χ1v) is 6.94. The van der Waals surface area contributed by atoms with E-state index in [0.717, 1.165) is 18.4 Å². The molecule has 0 radical (unpaired) electrons. The molecule has 19 heavy (non-hydrogen) atoms. The molecular formula is C16H21ClO2. The number of aromatic hydroxyl groups is 2. The summed E-state index contributed by atoms with van der Waals surface area (Å²) < 4.78 is 0. The van der Waals surface area contributed by atoms with Gasteiger partial charge in [-0.1, -0.05) is 23.3 Å². The van der Waals surface area contributed by atoms with Crippen molar-refractivity contribution in [1.29, 1.82) is 0 Å². The van der Waals surface area contributed by atoms with E-state index in [2.05, 4.69) is 19.1 Å². The van der Waals surface area contributed by atoms with Crippen LogP contribution in [-0.4, -0.2) is 16.1 Å². The summed E-state index contributed by atoms with van der Waals surface area (Å²) >= 11 is 5.71. The van der Waals surface area contributed by atoms with Crippen molar-refractivity contribution in [1.82, 2.24) is 0 Å². The van der Waals surface area contributed by atoms with Gasteiger partial charge in [-0.05, 0) is 51.3 Å². The predicted molar refractivity (Wildman–Crippen MR) is 80.9 cm³/mol. The van der Waals surface area contributed by atoms with Crippen molar-refractivity contribution in [3.63, 3.8) is 0 Å². The topological polar surface area (TPSA) is 40.5 Å². The highest BCUT2D eigenvalue weighted by Crippen LogP contribution is 2.23. The van der Waals surface area contributed by atoms with Crippen LogP contribution in [0.4, 0.5) is 0 Å². The average molecular weight is 281 g/mol. The van der Waals surface area contributed by atoms with Gasteiger partial charge in [-0.3, -0.25) is 0 Å². The van der Waals surface area contributed by atoms with E-state index in [1.165, 1.54) is 23.3 Å². The van der Waals surface area contributed by atoms with Crippen LogP contribution in [-0.2, 0) is 6.42 Å². The number of hydrogen-bond acceptors (Lipinski definition) is 2. The van der Waals surface area contributed by atoms with Crippen LogP contribution in [0.3, 0.4) is 0 Å². The van der Waals surface area contributed by atoms with Crippen molar-refractivity contribution in [2.45, 2.75) is 33.1 Å². The maximum absolute atomic E-state index is 9.66. The maximum atomic E-state index is 9.66. The molecule has 1 rings (SSSR count). The van der Waals surface area contributed by atoms with E-state index in [-0.39, 0.29) is 11.5 Å². The molecule has 0 saturated carbocycles. The maximum Gasteiger partial charge on any atom is 0.119 e. The Morgan fingerprint density at radius 2 is 1.89 bits per heavy atom. The molecule has 3 heteroatoms. The minimum atomic E-state index is 0.180. The quantitative estimate of drug-likeness (QED) is 0.456. The zero-order valence-electron chi connectivity index (χ0n) is 11.5. The van der Waals surface area contributed by atoms with Gasteiger partial charge in [0.25, 0.3) is 0 Å². The van der Waals surface area contributed by atoms with Crippen molar-refractivity contribution >= 4 is 11.6 Å². The number of halogens is 1. The Hall–Kier alpha value is -1.41. The molecule has 0 unspecified atom stereocenters. The van der Waals surface area contributed by atoms with Crippen LogP contribution in [0.15, 0.2) is 41.5 Å². The second kappa shape index (κ2) is 7.90. The number of phenols is 2. The van der Waals surface area contributed by atoms with E-state index in [1.54, 1.807) is 6.07 Å². The lowest BCUT2D eigenvalue weighted by atomic mass is 10.1. The van der Waals surface area contributed by atoms with Crippen LogP contribution in [0, 0.1) is 0 Å². The summed E-state index contributed by atoms with van der Waals surface area (Å²) in [4.78, 5) is 0. The molecule has 0 atom stereocenters. The van der Waals surface area contributed by atoms with Gasteiger partial charge >= 0.3 is 0 Å². The molecule has 0 heterocycles. The summed E-state index contributed by atoms with van der Waals surface area (Å²) in [5.74, 6) is 0.985. The Balaban J connectivity index is 2.53. The first-order chi connectivity index (χ1) is 9.02. The molecule has 0 aliphatic carbocycles. The summed E-state index contributed by atoms with van der Waals surface area (Å²) in [5.41, 5.74) is 3.20. The molecule has 2 N–H and O–H groups in total. The van der Waals surface area contributed by atoms with Crippen LogP contribution in [0.1, 0.15) is 32.3 Å². The van der Waals surface area contributed by atoms with Crippen molar-refractivity contribution in [2.75, 3.05) is 5.88 Å². The second-order valence-corrected chi connectivity index (χ2v) is 5.06. The highest BCUT2D eigenvalue weighted by Gasteiger charge is 2.01. The number of benzene rings is 1. The van der Waals surface area contributed by atoms with Gasteiger partial charge in [0.2, 0.25) is 0 Å². The van der Waals surface area contributed by atoms with Crippen LogP contribution < -0.4 is 0 Å². The van der Waals surface area contributed by atoms with E-state index in [0.29, 0.717) is 12.3 Å². The van der Waals surface area contributed by atoms with Gasteiger partial charge in [0.05, 0.1) is 0 Å². The van der Waals surface area contributed by atoms with Crippen LogP contribution >= 0.6 is 11.6 Å². The van der Waals surface area contributed by atoms with E-state index in [4.69, 9.17) is 11.6 Å². The summed E-state index contributed by atoms with van der Waals surface area (Å²) in [6, 6.07) is 4.59. The molecule has 104 valence electrons. The number of allylic oxidation sites excluding steroid dienone is 4. The number of rotatable bonds is 6. The van der Waals surface area contributed by atoms with Crippen LogP contribution in [0.25, 0.3) is 0 Å². The third-order valence-corrected chi connectivity index (χ3v) is 3.40. The lowest BCUT2D eigenvalue weighted by Crippen LogP contribution is -1.85. The van der Waals surface area contributed by atoms with Gasteiger partial charge in [0, 0.05) is 11.4 Å². The Labute approximate surface area is 120 Å². The monoisotopic (exact) mass is 280 g/mol. The standard InChI is InChI=1S/C16H21ClO2/c1-12(4-3-5-13(2)11-17)6-7-14-10-15(18)8-9-16(14)19/h5-6,8-10,18-19H,3-4,7,11H2,1-2H3. The Morgan fingerprint density at radius 1 is 1.16 bits per heavy atom. The van der Waals surface area contributed by atoms with Crippen LogP contribution in [0.2, 0.25) is 0 Å². The van der Waals surface area contributed by atoms with Crippen molar-refractivity contribution in [2.24, 2.45) is 0 Å². The summed E-state index contributed by atoms with van der Waals surface area (Å²) in [6.45, 7) is 4.10. The van der Waals surface area contributed by atoms with E-state index < -0.39 is 0 Å². The summed E-state index contributed by atoms with van der Waals surface area (Å²) in [5, 5.41) is 19.0. The van der Waals surface area contributed by atoms with E-state index >= 15 is 0 Å². The fourth-order valence-electron chi connectivity index (χ4n) is 1.72. The SMILES string of the molecule is CC(=CCCC(C)=CCc1cc(O)ccc1O)CCl. The normalized spacial score (nSPS) is 12.8. The third kappa shape index (κ3) is 5.84. The zero-order chi connectivity index (χ0) is 14.3. The van der Waals surface area contributed by atoms with E-state index in [1.807, 2.05) is 6.92 Å².